The minimum atomic E-state index is -0.513. The maximum absolute atomic E-state index is 13.6. The Morgan fingerprint density at radius 1 is 1.27 bits per heavy atom. The summed E-state index contributed by atoms with van der Waals surface area (Å²) in [4.78, 5) is 3.63. The summed E-state index contributed by atoms with van der Waals surface area (Å²) in [5, 5.41) is 0. The lowest BCUT2D eigenvalue weighted by atomic mass is 10.1. The predicted octanol–water partition coefficient (Wildman–Crippen LogP) is 3.01. The van der Waals surface area contributed by atoms with Gasteiger partial charge in [-0.2, -0.15) is 4.39 Å². The van der Waals surface area contributed by atoms with Gasteiger partial charge in [-0.15, -0.1) is 0 Å². The summed E-state index contributed by atoms with van der Waals surface area (Å²) < 4.78 is 25.1. The van der Waals surface area contributed by atoms with Gasteiger partial charge in [0.25, 0.3) is 0 Å². The van der Waals surface area contributed by atoms with Crippen molar-refractivity contribution in [2.75, 3.05) is 6.61 Å². The first-order valence-electron chi connectivity index (χ1n) is 7.44. The lowest BCUT2D eigenvalue weighted by Gasteiger charge is -2.16. The monoisotopic (exact) mass is 302 g/mol. The van der Waals surface area contributed by atoms with Gasteiger partial charge in [-0.3, -0.25) is 0 Å². The number of halogens is 1. The Bertz CT molecular complexity index is 663. The minimum absolute atomic E-state index is 0.110. The quantitative estimate of drug-likeness (QED) is 0.833. The minimum Gasteiger partial charge on any atom is -0.490 e. The first-order valence-corrected chi connectivity index (χ1v) is 7.44. The zero-order valence-electron chi connectivity index (χ0n) is 12.5. The van der Waals surface area contributed by atoms with Crippen LogP contribution in [0.5, 0.6) is 11.5 Å². The van der Waals surface area contributed by atoms with Crippen molar-refractivity contribution in [3.63, 3.8) is 0 Å². The van der Waals surface area contributed by atoms with Crippen molar-refractivity contribution in [2.24, 2.45) is 5.73 Å². The molecule has 0 saturated heterocycles. The molecule has 4 nitrogen and oxygen atoms in total. The normalized spacial score (nSPS) is 19.8. The van der Waals surface area contributed by atoms with Gasteiger partial charge in [0.15, 0.2) is 11.5 Å². The van der Waals surface area contributed by atoms with E-state index in [4.69, 9.17) is 15.2 Å². The Hall–Kier alpha value is -2.14. The number of hydrogen-bond donors (Lipinski definition) is 1. The van der Waals surface area contributed by atoms with Crippen LogP contribution in [0.25, 0.3) is 0 Å². The molecule has 5 heteroatoms. The van der Waals surface area contributed by atoms with Gasteiger partial charge >= 0.3 is 0 Å². The lowest BCUT2D eigenvalue weighted by Crippen LogP contribution is -2.06. The summed E-state index contributed by atoms with van der Waals surface area (Å²) in [5.41, 5.74) is 7.40. The number of nitrogens with zero attached hydrogens (tertiary/aromatic N) is 1. The van der Waals surface area contributed by atoms with Crippen molar-refractivity contribution in [1.82, 2.24) is 4.98 Å². The second-order valence-corrected chi connectivity index (χ2v) is 5.36. The second-order valence-electron chi connectivity index (χ2n) is 5.36. The zero-order valence-corrected chi connectivity index (χ0v) is 12.5. The molecule has 3 rings (SSSR count). The van der Waals surface area contributed by atoms with E-state index in [0.29, 0.717) is 23.7 Å². The van der Waals surface area contributed by atoms with E-state index in [1.54, 1.807) is 12.1 Å². The molecule has 1 aromatic carbocycles. The van der Waals surface area contributed by atoms with E-state index in [1.807, 2.05) is 25.1 Å². The second kappa shape index (κ2) is 6.32. The summed E-state index contributed by atoms with van der Waals surface area (Å²) >= 11 is 0. The van der Waals surface area contributed by atoms with Crippen LogP contribution in [0.15, 0.2) is 36.5 Å². The molecule has 1 fully saturated rings. The largest absolute Gasteiger partial charge is 0.490 e. The standard InChI is InChI=1S/C17H19FN2O2/c1-2-21-15-7-3-6-12(13-9-14(13)19)16(15)22-10-11-5-4-8-20-17(11)18/h3-8,13-14H,2,9-10,19H2,1H3. The van der Waals surface area contributed by atoms with Gasteiger partial charge in [0.05, 0.1) is 6.61 Å². The average molecular weight is 302 g/mol. The fourth-order valence-corrected chi connectivity index (χ4v) is 2.50. The molecule has 0 radical (unpaired) electrons. The maximum Gasteiger partial charge on any atom is 0.219 e. The number of benzene rings is 1. The van der Waals surface area contributed by atoms with Gasteiger partial charge in [-0.25, -0.2) is 4.98 Å². The van der Waals surface area contributed by atoms with Crippen molar-refractivity contribution in [3.05, 3.63) is 53.6 Å². The SMILES string of the molecule is CCOc1cccc(C2CC2N)c1OCc1cccnc1F. The van der Waals surface area contributed by atoms with Gasteiger partial charge < -0.3 is 15.2 Å². The van der Waals surface area contributed by atoms with E-state index in [2.05, 4.69) is 4.98 Å². The fraction of sp³-hybridized carbons (Fsp3) is 0.353. The van der Waals surface area contributed by atoms with Gasteiger partial charge in [0.2, 0.25) is 5.95 Å². The van der Waals surface area contributed by atoms with E-state index in [9.17, 15) is 4.39 Å². The number of pyridine rings is 1. The third-order valence-corrected chi connectivity index (χ3v) is 3.76. The number of para-hydroxylation sites is 1. The lowest BCUT2D eigenvalue weighted by molar-refractivity contribution is 0.262. The van der Waals surface area contributed by atoms with Crippen LogP contribution in [0.2, 0.25) is 0 Å². The topological polar surface area (TPSA) is 57.4 Å². The van der Waals surface area contributed by atoms with Crippen LogP contribution in [0.3, 0.4) is 0 Å². The molecule has 2 atom stereocenters. The molecular weight excluding hydrogens is 283 g/mol. The average Bonchev–Trinajstić information content (AvgIpc) is 3.24. The molecular formula is C17H19FN2O2. The number of aromatic nitrogens is 1. The Balaban J connectivity index is 1.86. The highest BCUT2D eigenvalue weighted by Gasteiger charge is 2.37. The Morgan fingerprint density at radius 2 is 2.09 bits per heavy atom. The van der Waals surface area contributed by atoms with Crippen LogP contribution < -0.4 is 15.2 Å². The van der Waals surface area contributed by atoms with Gasteiger partial charge in [-0.1, -0.05) is 12.1 Å². The van der Waals surface area contributed by atoms with E-state index >= 15 is 0 Å². The molecule has 0 amide bonds. The van der Waals surface area contributed by atoms with Crippen LogP contribution in [0.4, 0.5) is 4.39 Å². The molecule has 2 aromatic rings. The molecule has 1 heterocycles. The molecule has 2 N–H and O–H groups in total. The fourth-order valence-electron chi connectivity index (χ4n) is 2.50. The third kappa shape index (κ3) is 3.04. The van der Waals surface area contributed by atoms with Crippen LogP contribution >= 0.6 is 0 Å². The molecule has 22 heavy (non-hydrogen) atoms. The highest BCUT2D eigenvalue weighted by atomic mass is 19.1. The van der Waals surface area contributed by atoms with Crippen molar-refractivity contribution in [3.8, 4) is 11.5 Å². The Morgan fingerprint density at radius 3 is 2.77 bits per heavy atom. The number of nitrogens with two attached hydrogens (primary N) is 1. The molecule has 1 aliphatic rings. The molecule has 1 saturated carbocycles. The predicted molar refractivity (Wildman–Crippen MR) is 81.5 cm³/mol. The maximum atomic E-state index is 13.6. The van der Waals surface area contributed by atoms with Crippen LogP contribution in [-0.4, -0.2) is 17.6 Å². The number of rotatable bonds is 6. The van der Waals surface area contributed by atoms with E-state index < -0.39 is 5.95 Å². The first-order chi connectivity index (χ1) is 10.7. The van der Waals surface area contributed by atoms with Crippen LogP contribution in [-0.2, 0) is 6.61 Å². The van der Waals surface area contributed by atoms with E-state index in [-0.39, 0.29) is 18.6 Å². The Labute approximate surface area is 129 Å². The first kappa shape index (κ1) is 14.8. The van der Waals surface area contributed by atoms with Gasteiger partial charge in [-0.05, 0) is 31.5 Å². The number of ether oxygens (including phenoxy) is 2. The zero-order chi connectivity index (χ0) is 15.5. The third-order valence-electron chi connectivity index (χ3n) is 3.76. The Kier molecular flexibility index (Phi) is 4.24. The molecule has 116 valence electrons. The summed E-state index contributed by atoms with van der Waals surface area (Å²) in [6, 6.07) is 9.30. The number of hydrogen-bond acceptors (Lipinski definition) is 4. The van der Waals surface area contributed by atoms with Gasteiger partial charge in [0, 0.05) is 29.3 Å². The summed E-state index contributed by atoms with van der Waals surface area (Å²) in [7, 11) is 0. The molecule has 2 unspecified atom stereocenters. The van der Waals surface area contributed by atoms with E-state index in [1.165, 1.54) is 6.20 Å². The van der Waals surface area contributed by atoms with Crippen molar-refractivity contribution in [2.45, 2.75) is 31.9 Å². The van der Waals surface area contributed by atoms with E-state index in [0.717, 1.165) is 12.0 Å². The molecule has 0 bridgehead atoms. The smallest absolute Gasteiger partial charge is 0.219 e. The molecule has 0 aliphatic heterocycles. The van der Waals surface area contributed by atoms with Crippen LogP contribution in [0, 0.1) is 5.95 Å². The summed E-state index contributed by atoms with van der Waals surface area (Å²) in [6.07, 6.45) is 2.36. The summed E-state index contributed by atoms with van der Waals surface area (Å²) in [5.74, 6) is 1.10. The molecule has 0 spiro atoms. The van der Waals surface area contributed by atoms with Gasteiger partial charge in [0.1, 0.15) is 6.61 Å². The highest BCUT2D eigenvalue weighted by molar-refractivity contribution is 5.50. The van der Waals surface area contributed by atoms with Crippen molar-refractivity contribution < 1.29 is 13.9 Å². The summed E-state index contributed by atoms with van der Waals surface area (Å²) in [6.45, 7) is 2.57. The molecule has 1 aromatic heterocycles. The van der Waals surface area contributed by atoms with Crippen LogP contribution in [0.1, 0.15) is 30.4 Å². The highest BCUT2D eigenvalue weighted by Crippen LogP contribution is 2.46. The molecule has 1 aliphatic carbocycles. The van der Waals surface area contributed by atoms with Crippen molar-refractivity contribution in [1.29, 1.82) is 0 Å². The van der Waals surface area contributed by atoms with Crippen molar-refractivity contribution >= 4 is 0 Å².